The molecule has 130 valence electrons. The van der Waals surface area contributed by atoms with Gasteiger partial charge in [0.1, 0.15) is 24.0 Å². The third-order valence-electron chi connectivity index (χ3n) is 3.12. The van der Waals surface area contributed by atoms with E-state index in [4.69, 9.17) is 22.8 Å². The molecule has 0 aliphatic rings. The van der Waals surface area contributed by atoms with Gasteiger partial charge in [0.2, 0.25) is 0 Å². The van der Waals surface area contributed by atoms with E-state index in [9.17, 15) is 10.1 Å². The number of hydrogen-bond donors (Lipinski definition) is 1. The van der Waals surface area contributed by atoms with E-state index in [1.165, 1.54) is 6.08 Å². The molecule has 2 rings (SSSR count). The first kappa shape index (κ1) is 20.1. The zero-order valence-electron chi connectivity index (χ0n) is 13.2. The molecule has 7 heteroatoms. The van der Waals surface area contributed by atoms with Crippen LogP contribution in [0, 0.1) is 23.7 Å². The van der Waals surface area contributed by atoms with Gasteiger partial charge in [-0.25, -0.2) is 0 Å². The molecule has 1 amide bonds. The Morgan fingerprint density at radius 1 is 1.35 bits per heavy atom. The highest BCUT2D eigenvalue weighted by Gasteiger charge is 2.15. The molecule has 0 fully saturated rings. The maximum atomic E-state index is 12.4. The van der Waals surface area contributed by atoms with Gasteiger partial charge in [0, 0.05) is 10.0 Å². The lowest BCUT2D eigenvalue weighted by molar-refractivity contribution is -0.112. The first-order chi connectivity index (χ1) is 12.5. The fraction of sp³-hybridized carbons (Fsp3) is 0.0526. The molecule has 0 heterocycles. The molecule has 0 bridgehead atoms. The van der Waals surface area contributed by atoms with Crippen LogP contribution in [0.5, 0.6) is 5.75 Å². The monoisotopic (exact) mass is 492 g/mol. The largest absolute Gasteiger partial charge is 0.479 e. The van der Waals surface area contributed by atoms with Gasteiger partial charge in [-0.1, -0.05) is 45.6 Å². The standard InChI is InChI=1S/C19H11Br2ClN2O2/c1-2-7-26-18-12(9-14(20)10-15(18)21)8-13(11-23)19(25)24-17-6-4-3-5-16(17)22/h1,3-6,8-10H,7H2,(H,24,25)/b13-8+. The van der Waals surface area contributed by atoms with Crippen molar-refractivity contribution >= 4 is 61.1 Å². The molecule has 0 spiro atoms. The first-order valence-electron chi connectivity index (χ1n) is 7.19. The number of terminal acetylenes is 1. The summed E-state index contributed by atoms with van der Waals surface area (Å²) in [4.78, 5) is 12.4. The Balaban J connectivity index is 2.39. The number of anilines is 1. The maximum Gasteiger partial charge on any atom is 0.266 e. The first-order valence-corrected chi connectivity index (χ1v) is 9.15. The van der Waals surface area contributed by atoms with E-state index in [-0.39, 0.29) is 12.2 Å². The number of nitrogens with one attached hydrogen (secondary N) is 1. The van der Waals surface area contributed by atoms with Crippen molar-refractivity contribution in [1.82, 2.24) is 0 Å². The fourth-order valence-electron chi connectivity index (χ4n) is 2.01. The summed E-state index contributed by atoms with van der Waals surface area (Å²) in [5, 5.41) is 12.4. The molecular formula is C19H11Br2ClN2O2. The van der Waals surface area contributed by atoms with Crippen LogP contribution in [0.25, 0.3) is 6.08 Å². The summed E-state index contributed by atoms with van der Waals surface area (Å²) in [7, 11) is 0. The molecule has 0 saturated heterocycles. The highest BCUT2D eigenvalue weighted by Crippen LogP contribution is 2.34. The summed E-state index contributed by atoms with van der Waals surface area (Å²) in [6, 6.07) is 12.1. The topological polar surface area (TPSA) is 62.1 Å². The van der Waals surface area contributed by atoms with Crippen LogP contribution in [0.1, 0.15) is 5.56 Å². The summed E-state index contributed by atoms with van der Waals surface area (Å²) in [5.74, 6) is 2.23. The molecule has 0 unspecified atom stereocenters. The van der Waals surface area contributed by atoms with Gasteiger partial charge in [0.25, 0.3) is 5.91 Å². The summed E-state index contributed by atoms with van der Waals surface area (Å²) < 4.78 is 6.90. The van der Waals surface area contributed by atoms with Crippen molar-refractivity contribution in [2.24, 2.45) is 0 Å². The number of nitrogens with zero attached hydrogens (tertiary/aromatic N) is 1. The Morgan fingerprint density at radius 2 is 2.08 bits per heavy atom. The molecular weight excluding hydrogens is 483 g/mol. The number of para-hydroxylation sites is 1. The molecule has 2 aromatic rings. The predicted octanol–water partition coefficient (Wildman–Crippen LogP) is 5.42. The molecule has 0 aliphatic carbocycles. The minimum atomic E-state index is -0.584. The minimum absolute atomic E-state index is 0.0504. The summed E-state index contributed by atoms with van der Waals surface area (Å²) in [5.41, 5.74) is 0.826. The lowest BCUT2D eigenvalue weighted by Crippen LogP contribution is -2.13. The number of hydrogen-bond acceptors (Lipinski definition) is 3. The molecule has 0 radical (unpaired) electrons. The predicted molar refractivity (Wildman–Crippen MR) is 110 cm³/mol. The number of halogens is 3. The Kier molecular flexibility index (Phi) is 7.29. The Bertz CT molecular complexity index is 959. The lowest BCUT2D eigenvalue weighted by atomic mass is 10.1. The van der Waals surface area contributed by atoms with E-state index >= 15 is 0 Å². The molecule has 2 aromatic carbocycles. The van der Waals surface area contributed by atoms with Crippen LogP contribution in [-0.2, 0) is 4.79 Å². The number of ether oxygens (including phenoxy) is 1. The number of amides is 1. The van der Waals surface area contributed by atoms with Crippen LogP contribution < -0.4 is 10.1 Å². The lowest BCUT2D eigenvalue weighted by Gasteiger charge is -2.11. The van der Waals surface area contributed by atoms with E-state index < -0.39 is 5.91 Å². The van der Waals surface area contributed by atoms with Crippen LogP contribution in [0.3, 0.4) is 0 Å². The van der Waals surface area contributed by atoms with Crippen molar-refractivity contribution in [3.05, 3.63) is 61.5 Å². The molecule has 0 saturated carbocycles. The smallest absolute Gasteiger partial charge is 0.266 e. The number of benzene rings is 2. The minimum Gasteiger partial charge on any atom is -0.479 e. The van der Waals surface area contributed by atoms with Crippen molar-refractivity contribution < 1.29 is 9.53 Å². The zero-order chi connectivity index (χ0) is 19.1. The number of carbonyl (C=O) groups is 1. The molecule has 1 N–H and O–H groups in total. The van der Waals surface area contributed by atoms with Crippen LogP contribution >= 0.6 is 43.5 Å². The molecule has 4 nitrogen and oxygen atoms in total. The van der Waals surface area contributed by atoms with Crippen LogP contribution in [0.4, 0.5) is 5.69 Å². The van der Waals surface area contributed by atoms with Crippen molar-refractivity contribution in [2.45, 2.75) is 0 Å². The zero-order valence-corrected chi connectivity index (χ0v) is 17.2. The van der Waals surface area contributed by atoms with Gasteiger partial charge in [-0.2, -0.15) is 5.26 Å². The van der Waals surface area contributed by atoms with Crippen LogP contribution in [0.15, 0.2) is 50.9 Å². The summed E-state index contributed by atoms with van der Waals surface area (Å²) >= 11 is 12.8. The van der Waals surface area contributed by atoms with E-state index in [1.807, 2.05) is 6.07 Å². The highest BCUT2D eigenvalue weighted by atomic mass is 79.9. The van der Waals surface area contributed by atoms with Gasteiger partial charge in [-0.15, -0.1) is 6.42 Å². The number of rotatable bonds is 5. The highest BCUT2D eigenvalue weighted by molar-refractivity contribution is 9.11. The normalized spacial score (nSPS) is 10.6. The third kappa shape index (κ3) is 5.12. The second kappa shape index (κ2) is 9.45. The average Bonchev–Trinajstić information content (AvgIpc) is 2.60. The Morgan fingerprint density at radius 3 is 2.73 bits per heavy atom. The quantitative estimate of drug-likeness (QED) is 0.343. The maximum absolute atomic E-state index is 12.4. The SMILES string of the molecule is C#CCOc1c(Br)cc(Br)cc1/C=C(\C#N)C(=O)Nc1ccccc1Cl. The van der Waals surface area contributed by atoms with E-state index in [0.717, 1.165) is 4.47 Å². The fourth-order valence-corrected chi connectivity index (χ4v) is 3.57. The van der Waals surface area contributed by atoms with Crippen molar-refractivity contribution in [1.29, 1.82) is 5.26 Å². The van der Waals surface area contributed by atoms with Gasteiger partial charge in [-0.3, -0.25) is 4.79 Å². The van der Waals surface area contributed by atoms with Crippen molar-refractivity contribution in [2.75, 3.05) is 11.9 Å². The van der Waals surface area contributed by atoms with Crippen molar-refractivity contribution in [3.63, 3.8) is 0 Å². The average molecular weight is 495 g/mol. The molecule has 0 atom stereocenters. The van der Waals surface area contributed by atoms with E-state index in [2.05, 4.69) is 43.1 Å². The third-order valence-corrected chi connectivity index (χ3v) is 4.50. The number of carbonyl (C=O) groups excluding carboxylic acids is 1. The van der Waals surface area contributed by atoms with Crippen LogP contribution in [-0.4, -0.2) is 12.5 Å². The Hall–Kier alpha value is -2.25. The second-order valence-corrected chi connectivity index (χ2v) is 7.08. The summed E-state index contributed by atoms with van der Waals surface area (Å²) in [6.07, 6.45) is 6.66. The Labute approximate surface area is 173 Å². The van der Waals surface area contributed by atoms with Gasteiger partial charge in [0.15, 0.2) is 0 Å². The van der Waals surface area contributed by atoms with E-state index in [1.54, 1.807) is 36.4 Å². The second-order valence-electron chi connectivity index (χ2n) is 4.90. The number of nitriles is 1. The molecule has 0 aliphatic heterocycles. The van der Waals surface area contributed by atoms with Crippen molar-refractivity contribution in [3.8, 4) is 24.2 Å². The molecule has 0 aromatic heterocycles. The van der Waals surface area contributed by atoms with E-state index in [0.29, 0.717) is 26.5 Å². The summed E-state index contributed by atoms with van der Waals surface area (Å²) in [6.45, 7) is 0.0504. The van der Waals surface area contributed by atoms with Crippen LogP contribution in [0.2, 0.25) is 5.02 Å². The van der Waals surface area contributed by atoms with Gasteiger partial charge < -0.3 is 10.1 Å². The molecule has 26 heavy (non-hydrogen) atoms. The van der Waals surface area contributed by atoms with Gasteiger partial charge in [0.05, 0.1) is 15.2 Å². The van der Waals surface area contributed by atoms with Gasteiger partial charge in [-0.05, 0) is 46.3 Å². The van der Waals surface area contributed by atoms with Gasteiger partial charge >= 0.3 is 0 Å².